The Morgan fingerprint density at radius 3 is 2.33 bits per heavy atom. The molecule has 0 amide bonds. The quantitative estimate of drug-likeness (QED) is 0.205. The molecule has 8 aromatic rings. The fourth-order valence-electron chi connectivity index (χ4n) is 6.66. The van der Waals surface area contributed by atoms with Crippen molar-refractivity contribution in [3.63, 3.8) is 0 Å². The molecular weight excluding hydrogens is 557 g/mol. The summed E-state index contributed by atoms with van der Waals surface area (Å²) < 4.78 is 14.4. The molecule has 0 aliphatic carbocycles. The summed E-state index contributed by atoms with van der Waals surface area (Å²) in [6, 6.07) is 38.0. The zero-order valence-electron chi connectivity index (χ0n) is 22.1. The second-order valence-electron chi connectivity index (χ2n) is 10.8. The summed E-state index contributed by atoms with van der Waals surface area (Å²) in [5.41, 5.74) is 8.68. The third kappa shape index (κ3) is 3.08. The van der Waals surface area contributed by atoms with Crippen molar-refractivity contribution >= 4 is 65.5 Å². The highest BCUT2D eigenvalue weighted by Gasteiger charge is 2.44. The van der Waals surface area contributed by atoms with E-state index in [1.165, 1.54) is 20.7 Å². The molecule has 0 N–H and O–H groups in total. The summed E-state index contributed by atoms with van der Waals surface area (Å²) in [4.78, 5) is 13.0. The van der Waals surface area contributed by atoms with Gasteiger partial charge in [0.25, 0.3) is 0 Å². The molecule has 10 rings (SSSR count). The first-order valence-corrected chi connectivity index (χ1v) is 15.7. The van der Waals surface area contributed by atoms with Gasteiger partial charge in [-0.3, -0.25) is 0 Å². The zero-order valence-corrected chi connectivity index (χ0v) is 23.7. The van der Waals surface area contributed by atoms with E-state index in [0.29, 0.717) is 0 Å². The van der Waals surface area contributed by atoms with Crippen LogP contribution in [0.3, 0.4) is 0 Å². The van der Waals surface area contributed by atoms with Crippen LogP contribution in [0.5, 0.6) is 5.75 Å². The van der Waals surface area contributed by atoms with E-state index in [2.05, 4.69) is 97.1 Å². The summed E-state index contributed by atoms with van der Waals surface area (Å²) in [6.07, 6.45) is 0. The molecule has 42 heavy (non-hydrogen) atoms. The number of thioether (sulfide) groups is 1. The normalized spacial score (nSPS) is 17.1. The molecule has 4 nitrogen and oxygen atoms in total. The summed E-state index contributed by atoms with van der Waals surface area (Å²) in [6.45, 7) is 0. The van der Waals surface area contributed by atoms with Gasteiger partial charge in [0.05, 0.1) is 5.92 Å². The Morgan fingerprint density at radius 1 is 0.619 bits per heavy atom. The van der Waals surface area contributed by atoms with Crippen molar-refractivity contribution in [2.24, 2.45) is 0 Å². The van der Waals surface area contributed by atoms with Gasteiger partial charge >= 0.3 is 0 Å². The Hall–Kier alpha value is -4.65. The number of para-hydroxylation sites is 3. The van der Waals surface area contributed by atoms with Gasteiger partial charge in [0.1, 0.15) is 38.7 Å². The molecule has 0 saturated heterocycles. The fraction of sp³-hybridized carbons (Fsp3) is 0.0556. The molecule has 198 valence electrons. The Morgan fingerprint density at radius 2 is 1.36 bits per heavy atom. The van der Waals surface area contributed by atoms with Gasteiger partial charge in [-0.1, -0.05) is 90.6 Å². The van der Waals surface area contributed by atoms with Crippen molar-refractivity contribution in [3.8, 4) is 28.3 Å². The van der Waals surface area contributed by atoms with Crippen LogP contribution in [-0.2, 0) is 0 Å². The summed E-state index contributed by atoms with van der Waals surface area (Å²) >= 11 is 3.48. The number of thiophene rings is 1. The Kier molecular flexibility index (Phi) is 4.62. The summed E-state index contributed by atoms with van der Waals surface area (Å²) in [5.74, 6) is 1.10. The number of furan rings is 1. The van der Waals surface area contributed by atoms with E-state index in [0.717, 1.165) is 65.9 Å². The number of hydrogen-bond acceptors (Lipinski definition) is 6. The summed E-state index contributed by atoms with van der Waals surface area (Å²) in [7, 11) is 0. The molecule has 0 bridgehead atoms. The number of aromatic nitrogens is 2. The average molecular weight is 577 g/mol. The number of ether oxygens (including phenoxy) is 1. The molecule has 5 heterocycles. The lowest BCUT2D eigenvalue weighted by Crippen LogP contribution is -2.09. The molecule has 6 heteroatoms. The van der Waals surface area contributed by atoms with Gasteiger partial charge in [-0.15, -0.1) is 11.3 Å². The van der Waals surface area contributed by atoms with Crippen molar-refractivity contribution in [1.82, 2.24) is 9.97 Å². The van der Waals surface area contributed by atoms with E-state index in [4.69, 9.17) is 19.1 Å². The molecule has 2 aliphatic heterocycles. The van der Waals surface area contributed by atoms with Crippen molar-refractivity contribution in [2.75, 3.05) is 0 Å². The molecule has 0 fully saturated rings. The topological polar surface area (TPSA) is 48.2 Å². The van der Waals surface area contributed by atoms with Gasteiger partial charge < -0.3 is 9.15 Å². The van der Waals surface area contributed by atoms with Gasteiger partial charge in [0.15, 0.2) is 5.44 Å². The van der Waals surface area contributed by atoms with E-state index in [-0.39, 0.29) is 11.4 Å². The van der Waals surface area contributed by atoms with Gasteiger partial charge in [-0.05, 0) is 35.9 Å². The smallest absolute Gasteiger partial charge is 0.160 e. The fourth-order valence-corrected chi connectivity index (χ4v) is 8.99. The van der Waals surface area contributed by atoms with Gasteiger partial charge in [-0.25, -0.2) is 9.97 Å². The number of nitrogens with zero attached hydrogens (tertiary/aromatic N) is 2. The molecule has 0 saturated carbocycles. The van der Waals surface area contributed by atoms with Crippen molar-refractivity contribution in [1.29, 1.82) is 0 Å². The minimum absolute atomic E-state index is 0.0134. The number of fused-ring (bicyclic) bond motifs is 11. The van der Waals surface area contributed by atoms with Crippen molar-refractivity contribution in [3.05, 3.63) is 120 Å². The standard InChI is InChI=1S/C36H20N2O2S2/c1-4-16-26-19(9-1)20-12-7-14-25(33(20)39-26)31-30(37-32-22-11-3-6-18-28(22)41-35(32)38-31)24-15-8-13-23-29-21-10-2-5-17-27(21)42-36(29)40-34(23)24/h1-18,29,36H. The van der Waals surface area contributed by atoms with Crippen molar-refractivity contribution in [2.45, 2.75) is 16.2 Å². The van der Waals surface area contributed by atoms with Crippen LogP contribution in [0.4, 0.5) is 0 Å². The second kappa shape index (κ2) is 8.44. The van der Waals surface area contributed by atoms with Crippen LogP contribution >= 0.6 is 23.1 Å². The van der Waals surface area contributed by atoms with Crippen LogP contribution in [0.15, 0.2) is 119 Å². The van der Waals surface area contributed by atoms with E-state index < -0.39 is 0 Å². The number of rotatable bonds is 2. The zero-order chi connectivity index (χ0) is 27.4. The third-order valence-electron chi connectivity index (χ3n) is 8.51. The summed E-state index contributed by atoms with van der Waals surface area (Å²) in [5, 5.41) is 3.29. The third-order valence-corrected chi connectivity index (χ3v) is 10.8. The highest BCUT2D eigenvalue weighted by Crippen LogP contribution is 2.58. The minimum Gasteiger partial charge on any atom is -0.477 e. The van der Waals surface area contributed by atoms with Crippen molar-refractivity contribution < 1.29 is 9.15 Å². The van der Waals surface area contributed by atoms with Crippen LogP contribution in [0.25, 0.3) is 64.9 Å². The molecule has 0 radical (unpaired) electrons. The first-order valence-electron chi connectivity index (χ1n) is 14.0. The largest absolute Gasteiger partial charge is 0.477 e. The SMILES string of the molecule is c1ccc2c(c1)SC1Oc3c(-c4nc5c(nc4-c4cccc6c4oc4ccccc46)sc4ccccc45)cccc3C21. The monoisotopic (exact) mass is 576 g/mol. The molecule has 2 aliphatic rings. The maximum absolute atomic E-state index is 6.78. The van der Waals surface area contributed by atoms with E-state index in [1.54, 1.807) is 23.1 Å². The van der Waals surface area contributed by atoms with E-state index >= 15 is 0 Å². The van der Waals surface area contributed by atoms with Gasteiger partial charge in [0, 0.05) is 42.4 Å². The van der Waals surface area contributed by atoms with Crippen LogP contribution in [0, 0.1) is 0 Å². The molecule has 3 aromatic heterocycles. The average Bonchev–Trinajstić information content (AvgIpc) is 3.78. The number of hydrogen-bond donors (Lipinski definition) is 0. The maximum atomic E-state index is 6.78. The molecule has 5 aromatic carbocycles. The predicted octanol–water partition coefficient (Wildman–Crippen LogP) is 10.0. The second-order valence-corrected chi connectivity index (χ2v) is 13.0. The first-order chi connectivity index (χ1) is 20.8. The highest BCUT2D eigenvalue weighted by molar-refractivity contribution is 8.00. The van der Waals surface area contributed by atoms with Crippen LogP contribution in [0.2, 0.25) is 0 Å². The van der Waals surface area contributed by atoms with E-state index in [9.17, 15) is 0 Å². The van der Waals surface area contributed by atoms with E-state index in [1.807, 2.05) is 12.1 Å². The van der Waals surface area contributed by atoms with Crippen LogP contribution in [-0.4, -0.2) is 15.4 Å². The minimum atomic E-state index is 0.0134. The molecule has 2 atom stereocenters. The number of benzene rings is 5. The molecule has 2 unspecified atom stereocenters. The van der Waals surface area contributed by atoms with Crippen LogP contribution in [0.1, 0.15) is 17.0 Å². The lowest BCUT2D eigenvalue weighted by atomic mass is 9.91. The Labute approximate surface area is 248 Å². The van der Waals surface area contributed by atoms with Gasteiger partial charge in [0.2, 0.25) is 0 Å². The predicted molar refractivity (Wildman–Crippen MR) is 172 cm³/mol. The first kappa shape index (κ1) is 23.0. The molecule has 0 spiro atoms. The Bertz CT molecular complexity index is 2410. The highest BCUT2D eigenvalue weighted by atomic mass is 32.2. The lowest BCUT2D eigenvalue weighted by Gasteiger charge is -2.14. The Balaban J connectivity index is 1.28. The maximum Gasteiger partial charge on any atom is 0.160 e. The molecular formula is C36H20N2O2S2. The van der Waals surface area contributed by atoms with Gasteiger partial charge in [-0.2, -0.15) is 0 Å². The lowest BCUT2D eigenvalue weighted by molar-refractivity contribution is 0.313. The van der Waals surface area contributed by atoms with Crippen LogP contribution < -0.4 is 4.74 Å².